The highest BCUT2D eigenvalue weighted by molar-refractivity contribution is 6.58. The molecule has 0 saturated carbocycles. The maximum Gasteiger partial charge on any atom is 0.228 e. The van der Waals surface area contributed by atoms with Gasteiger partial charge in [-0.05, 0) is 18.5 Å². The Morgan fingerprint density at radius 2 is 1.20 bits per heavy atom. The third-order valence-corrected chi connectivity index (χ3v) is 2.99. The topological polar surface area (TPSA) is 3.24 Å². The van der Waals surface area contributed by atoms with Gasteiger partial charge < -0.3 is 4.81 Å². The summed E-state index contributed by atoms with van der Waals surface area (Å²) in [5, 5.41) is 0. The Balaban J connectivity index is 4.68. The first-order chi connectivity index (χ1) is 6.77. The van der Waals surface area contributed by atoms with E-state index in [1.165, 1.54) is 6.54 Å². The van der Waals surface area contributed by atoms with E-state index in [-0.39, 0.29) is 0 Å². The minimum absolute atomic E-state index is 0.655. The standard InChI is InChI=1S/C13H30BN/c1-10(2)9-15(13(7)8)14(11(3)4)12(5)6/h10-13H,9H2,1-8H3. The molecule has 0 aromatic rings. The molecule has 0 saturated heterocycles. The number of rotatable bonds is 6. The van der Waals surface area contributed by atoms with E-state index in [0.717, 1.165) is 17.6 Å². The highest BCUT2D eigenvalue weighted by atomic mass is 15.1. The summed E-state index contributed by atoms with van der Waals surface area (Å²) in [7, 11) is 0. The van der Waals surface area contributed by atoms with Crippen molar-refractivity contribution in [2.75, 3.05) is 6.54 Å². The fourth-order valence-corrected chi connectivity index (χ4v) is 2.63. The monoisotopic (exact) mass is 211 g/mol. The lowest BCUT2D eigenvalue weighted by atomic mass is 9.43. The van der Waals surface area contributed by atoms with Crippen LogP contribution in [-0.2, 0) is 0 Å². The fourth-order valence-electron chi connectivity index (χ4n) is 2.63. The van der Waals surface area contributed by atoms with Crippen LogP contribution in [0.15, 0.2) is 0 Å². The van der Waals surface area contributed by atoms with Crippen molar-refractivity contribution in [3.63, 3.8) is 0 Å². The molecule has 90 valence electrons. The van der Waals surface area contributed by atoms with Gasteiger partial charge in [-0.3, -0.25) is 0 Å². The molecule has 0 radical (unpaired) electrons. The minimum Gasteiger partial charge on any atom is -0.339 e. The molecule has 0 aliphatic carbocycles. The highest BCUT2D eigenvalue weighted by Gasteiger charge is 2.31. The molecule has 0 atom stereocenters. The van der Waals surface area contributed by atoms with Crippen LogP contribution in [0.2, 0.25) is 11.6 Å². The van der Waals surface area contributed by atoms with Crippen LogP contribution in [0.4, 0.5) is 0 Å². The average molecular weight is 211 g/mol. The van der Waals surface area contributed by atoms with Crippen LogP contribution in [0.1, 0.15) is 55.4 Å². The van der Waals surface area contributed by atoms with Gasteiger partial charge in [0.1, 0.15) is 0 Å². The maximum atomic E-state index is 2.68. The van der Waals surface area contributed by atoms with Crippen LogP contribution in [0.3, 0.4) is 0 Å². The molecule has 0 amide bonds. The van der Waals surface area contributed by atoms with Crippen LogP contribution in [0, 0.1) is 5.92 Å². The second-order valence-corrected chi connectivity index (χ2v) is 6.16. The molecule has 1 nitrogen and oxygen atoms in total. The third kappa shape index (κ3) is 5.06. The van der Waals surface area contributed by atoms with Crippen molar-refractivity contribution in [3.05, 3.63) is 0 Å². The molecule has 0 aromatic heterocycles. The van der Waals surface area contributed by atoms with Crippen LogP contribution < -0.4 is 0 Å². The lowest BCUT2D eigenvalue weighted by Crippen LogP contribution is -2.49. The smallest absolute Gasteiger partial charge is 0.228 e. The Morgan fingerprint density at radius 3 is 1.40 bits per heavy atom. The first kappa shape index (κ1) is 15.0. The molecular formula is C13H30BN. The Kier molecular flexibility index (Phi) is 6.58. The van der Waals surface area contributed by atoms with Gasteiger partial charge in [-0.15, -0.1) is 0 Å². The molecule has 0 aliphatic heterocycles. The van der Waals surface area contributed by atoms with Crippen molar-refractivity contribution >= 4 is 6.85 Å². The zero-order valence-corrected chi connectivity index (χ0v) is 12.0. The van der Waals surface area contributed by atoms with Crippen molar-refractivity contribution in [2.24, 2.45) is 5.92 Å². The van der Waals surface area contributed by atoms with Crippen molar-refractivity contribution in [1.82, 2.24) is 4.81 Å². The average Bonchev–Trinajstić information content (AvgIpc) is 2.00. The molecule has 0 aliphatic rings. The predicted molar refractivity (Wildman–Crippen MR) is 72.6 cm³/mol. The Hall–Kier alpha value is 0.0249. The minimum atomic E-state index is 0.655. The van der Waals surface area contributed by atoms with E-state index in [1.807, 2.05) is 0 Å². The van der Waals surface area contributed by atoms with Gasteiger partial charge in [-0.25, -0.2) is 0 Å². The Bertz CT molecular complexity index is 156. The molecule has 0 spiro atoms. The quantitative estimate of drug-likeness (QED) is 0.596. The SMILES string of the molecule is CC(C)CN(B(C(C)C)C(C)C)C(C)C. The molecule has 15 heavy (non-hydrogen) atoms. The summed E-state index contributed by atoms with van der Waals surface area (Å²) in [5.74, 6) is 2.24. The molecule has 0 aromatic carbocycles. The first-order valence-electron chi connectivity index (χ1n) is 6.53. The molecule has 0 fully saturated rings. The van der Waals surface area contributed by atoms with E-state index >= 15 is 0 Å². The zero-order chi connectivity index (χ0) is 12.2. The molecular weight excluding hydrogens is 181 g/mol. The molecule has 0 heterocycles. The van der Waals surface area contributed by atoms with Gasteiger partial charge in [0.2, 0.25) is 6.85 Å². The van der Waals surface area contributed by atoms with E-state index < -0.39 is 0 Å². The molecule has 0 bridgehead atoms. The van der Waals surface area contributed by atoms with E-state index in [1.54, 1.807) is 0 Å². The normalized spacial score (nSPS) is 12.6. The summed E-state index contributed by atoms with van der Waals surface area (Å²) in [6, 6.07) is 0.655. The number of hydrogen-bond donors (Lipinski definition) is 0. The third-order valence-electron chi connectivity index (χ3n) is 2.99. The highest BCUT2D eigenvalue weighted by Crippen LogP contribution is 2.25. The van der Waals surface area contributed by atoms with Gasteiger partial charge in [0.25, 0.3) is 0 Å². The second kappa shape index (κ2) is 6.57. The van der Waals surface area contributed by atoms with Gasteiger partial charge >= 0.3 is 0 Å². The maximum absolute atomic E-state index is 2.68. The van der Waals surface area contributed by atoms with Crippen LogP contribution >= 0.6 is 0 Å². The molecule has 0 unspecified atom stereocenters. The fraction of sp³-hybridized carbons (Fsp3) is 1.00. The van der Waals surface area contributed by atoms with Crippen LogP contribution in [0.25, 0.3) is 0 Å². The van der Waals surface area contributed by atoms with Gasteiger partial charge in [0.15, 0.2) is 0 Å². The van der Waals surface area contributed by atoms with E-state index in [2.05, 4.69) is 60.2 Å². The van der Waals surface area contributed by atoms with Crippen molar-refractivity contribution in [3.8, 4) is 0 Å². The van der Waals surface area contributed by atoms with Crippen LogP contribution in [-0.4, -0.2) is 24.2 Å². The summed E-state index contributed by atoms with van der Waals surface area (Å²) in [6.07, 6.45) is 0. The number of hydrogen-bond acceptors (Lipinski definition) is 1. The summed E-state index contributed by atoms with van der Waals surface area (Å²) in [4.78, 5) is 2.68. The van der Waals surface area contributed by atoms with Gasteiger partial charge in [-0.1, -0.05) is 67.0 Å². The largest absolute Gasteiger partial charge is 0.339 e. The van der Waals surface area contributed by atoms with E-state index in [4.69, 9.17) is 0 Å². The molecule has 0 N–H and O–H groups in total. The summed E-state index contributed by atoms with van der Waals surface area (Å²) in [6.45, 7) is 20.6. The van der Waals surface area contributed by atoms with E-state index in [9.17, 15) is 0 Å². The zero-order valence-electron chi connectivity index (χ0n) is 12.0. The van der Waals surface area contributed by atoms with Crippen molar-refractivity contribution in [1.29, 1.82) is 0 Å². The summed E-state index contributed by atoms with van der Waals surface area (Å²) in [5.41, 5.74) is 0. The summed E-state index contributed by atoms with van der Waals surface area (Å²) < 4.78 is 0. The number of nitrogens with zero attached hydrogens (tertiary/aromatic N) is 1. The van der Waals surface area contributed by atoms with Crippen molar-refractivity contribution in [2.45, 2.75) is 73.1 Å². The lowest BCUT2D eigenvalue weighted by molar-refractivity contribution is 0.312. The molecule has 2 heteroatoms. The molecule has 0 rings (SSSR count). The van der Waals surface area contributed by atoms with Crippen LogP contribution in [0.5, 0.6) is 0 Å². The van der Waals surface area contributed by atoms with Crippen molar-refractivity contribution < 1.29 is 0 Å². The van der Waals surface area contributed by atoms with Gasteiger partial charge in [0, 0.05) is 0 Å². The van der Waals surface area contributed by atoms with Gasteiger partial charge in [0.05, 0.1) is 0 Å². The predicted octanol–water partition coefficient (Wildman–Crippen LogP) is 4.16. The lowest BCUT2D eigenvalue weighted by Gasteiger charge is -2.38. The van der Waals surface area contributed by atoms with E-state index in [0.29, 0.717) is 12.9 Å². The first-order valence-corrected chi connectivity index (χ1v) is 6.53. The summed E-state index contributed by atoms with van der Waals surface area (Å²) >= 11 is 0. The van der Waals surface area contributed by atoms with Gasteiger partial charge in [-0.2, -0.15) is 0 Å². The second-order valence-electron chi connectivity index (χ2n) is 6.16. The Labute approximate surface area is 97.7 Å². The Morgan fingerprint density at radius 1 is 0.800 bits per heavy atom.